The van der Waals surface area contributed by atoms with Gasteiger partial charge in [-0.1, -0.05) is 48.2 Å². The number of hydrogen-bond donors (Lipinski definition) is 1. The van der Waals surface area contributed by atoms with Crippen LogP contribution in [0.2, 0.25) is 0 Å². The second kappa shape index (κ2) is 8.14. The standard InChI is InChI=1S/C18H14N2O2/c19-13-17-9-4-8-15(12-17)10-5-11-20-18(21)22-14-16-6-2-1-3-7-16/h1-4,6-9,12H,11,14H2,(H,20,21). The zero-order valence-electron chi connectivity index (χ0n) is 11.9. The lowest BCUT2D eigenvalue weighted by Gasteiger charge is -2.04. The van der Waals surface area contributed by atoms with Crippen molar-refractivity contribution < 1.29 is 9.53 Å². The van der Waals surface area contributed by atoms with E-state index in [4.69, 9.17) is 10.00 Å². The molecule has 0 saturated carbocycles. The summed E-state index contributed by atoms with van der Waals surface area (Å²) in [6.07, 6.45) is -0.510. The van der Waals surface area contributed by atoms with Crippen LogP contribution in [0.1, 0.15) is 16.7 Å². The van der Waals surface area contributed by atoms with Gasteiger partial charge in [-0.05, 0) is 23.8 Å². The van der Waals surface area contributed by atoms with Gasteiger partial charge in [0.05, 0.1) is 18.2 Å². The maximum absolute atomic E-state index is 11.5. The van der Waals surface area contributed by atoms with E-state index in [9.17, 15) is 4.79 Å². The van der Waals surface area contributed by atoms with Gasteiger partial charge in [-0.25, -0.2) is 4.79 Å². The van der Waals surface area contributed by atoms with Crippen molar-refractivity contribution in [2.75, 3.05) is 6.54 Å². The van der Waals surface area contributed by atoms with E-state index in [1.54, 1.807) is 18.2 Å². The van der Waals surface area contributed by atoms with E-state index < -0.39 is 6.09 Å². The molecule has 1 amide bonds. The Kier molecular flexibility index (Phi) is 5.61. The minimum Gasteiger partial charge on any atom is -0.445 e. The zero-order chi connectivity index (χ0) is 15.6. The molecule has 2 aromatic rings. The lowest BCUT2D eigenvalue weighted by molar-refractivity contribution is 0.141. The van der Waals surface area contributed by atoms with Crippen molar-refractivity contribution in [1.82, 2.24) is 5.32 Å². The summed E-state index contributed by atoms with van der Waals surface area (Å²) in [6, 6.07) is 18.5. The molecule has 0 fully saturated rings. The number of nitriles is 1. The molecular weight excluding hydrogens is 276 g/mol. The molecule has 0 aliphatic heterocycles. The number of rotatable bonds is 3. The number of carbonyl (C=O) groups excluding carboxylic acids is 1. The topological polar surface area (TPSA) is 62.1 Å². The Hall–Kier alpha value is -3.24. The normalized spacial score (nSPS) is 9.05. The molecule has 0 spiro atoms. The van der Waals surface area contributed by atoms with Gasteiger partial charge < -0.3 is 10.1 Å². The van der Waals surface area contributed by atoms with Crippen molar-refractivity contribution in [1.29, 1.82) is 5.26 Å². The second-order valence-corrected chi connectivity index (χ2v) is 4.41. The molecule has 4 nitrogen and oxygen atoms in total. The van der Waals surface area contributed by atoms with E-state index in [0.717, 1.165) is 11.1 Å². The molecule has 4 heteroatoms. The van der Waals surface area contributed by atoms with Crippen LogP contribution in [0.25, 0.3) is 0 Å². The molecule has 0 atom stereocenters. The fourth-order valence-electron chi connectivity index (χ4n) is 1.70. The number of benzene rings is 2. The van der Waals surface area contributed by atoms with Gasteiger partial charge in [0.25, 0.3) is 0 Å². The monoisotopic (exact) mass is 290 g/mol. The molecule has 108 valence electrons. The van der Waals surface area contributed by atoms with Crippen molar-refractivity contribution in [3.63, 3.8) is 0 Å². The van der Waals surface area contributed by atoms with Crippen molar-refractivity contribution in [3.05, 3.63) is 71.3 Å². The smallest absolute Gasteiger partial charge is 0.408 e. The highest BCUT2D eigenvalue weighted by Crippen LogP contribution is 2.02. The van der Waals surface area contributed by atoms with Crippen LogP contribution in [0, 0.1) is 23.2 Å². The maximum Gasteiger partial charge on any atom is 0.408 e. The average Bonchev–Trinajstić information content (AvgIpc) is 2.58. The van der Waals surface area contributed by atoms with Crippen molar-refractivity contribution in [2.45, 2.75) is 6.61 Å². The first-order valence-electron chi connectivity index (χ1n) is 6.71. The number of alkyl carbamates (subject to hydrolysis) is 1. The summed E-state index contributed by atoms with van der Waals surface area (Å²) in [4.78, 5) is 11.5. The molecule has 0 aliphatic rings. The Bertz CT molecular complexity index is 737. The van der Waals surface area contributed by atoms with Gasteiger partial charge in [-0.2, -0.15) is 5.26 Å². The number of nitrogens with one attached hydrogen (secondary N) is 1. The van der Waals surface area contributed by atoms with E-state index in [0.29, 0.717) is 5.56 Å². The number of amides is 1. The molecule has 1 N–H and O–H groups in total. The number of nitrogens with zero attached hydrogens (tertiary/aromatic N) is 1. The molecule has 0 saturated heterocycles. The summed E-state index contributed by atoms with van der Waals surface area (Å²) in [5, 5.41) is 11.3. The number of hydrogen-bond acceptors (Lipinski definition) is 3. The SMILES string of the molecule is N#Cc1cccc(C#CCNC(=O)OCc2ccccc2)c1. The van der Waals surface area contributed by atoms with Gasteiger partial charge in [-0.15, -0.1) is 0 Å². The molecule has 0 aliphatic carbocycles. The summed E-state index contributed by atoms with van der Waals surface area (Å²) < 4.78 is 5.06. The summed E-state index contributed by atoms with van der Waals surface area (Å²) in [5.41, 5.74) is 2.22. The molecule has 0 unspecified atom stereocenters. The molecule has 2 rings (SSSR count). The van der Waals surface area contributed by atoms with E-state index in [2.05, 4.69) is 23.2 Å². The average molecular weight is 290 g/mol. The van der Waals surface area contributed by atoms with Crippen LogP contribution in [-0.4, -0.2) is 12.6 Å². The van der Waals surface area contributed by atoms with Crippen LogP contribution >= 0.6 is 0 Å². The van der Waals surface area contributed by atoms with E-state index in [1.807, 2.05) is 36.4 Å². The van der Waals surface area contributed by atoms with Crippen molar-refractivity contribution >= 4 is 6.09 Å². The number of ether oxygens (including phenoxy) is 1. The Morgan fingerprint density at radius 2 is 1.86 bits per heavy atom. The molecule has 0 radical (unpaired) electrons. The second-order valence-electron chi connectivity index (χ2n) is 4.41. The van der Waals surface area contributed by atoms with Crippen LogP contribution in [-0.2, 0) is 11.3 Å². The van der Waals surface area contributed by atoms with Gasteiger partial charge in [-0.3, -0.25) is 0 Å². The first-order chi connectivity index (χ1) is 10.8. The summed E-state index contributed by atoms with van der Waals surface area (Å²) in [5.74, 6) is 5.69. The highest BCUT2D eigenvalue weighted by atomic mass is 16.5. The quantitative estimate of drug-likeness (QED) is 0.884. The fourth-order valence-corrected chi connectivity index (χ4v) is 1.70. The molecule has 2 aromatic carbocycles. The van der Waals surface area contributed by atoms with E-state index in [1.165, 1.54) is 0 Å². The van der Waals surface area contributed by atoms with Gasteiger partial charge in [0.1, 0.15) is 6.61 Å². The Labute approximate surface area is 129 Å². The highest BCUT2D eigenvalue weighted by molar-refractivity contribution is 5.67. The highest BCUT2D eigenvalue weighted by Gasteiger charge is 2.00. The van der Waals surface area contributed by atoms with Gasteiger partial charge in [0.2, 0.25) is 0 Å². The minimum absolute atomic E-state index is 0.185. The summed E-state index contributed by atoms with van der Waals surface area (Å²) >= 11 is 0. The van der Waals surface area contributed by atoms with Crippen LogP contribution in [0.5, 0.6) is 0 Å². The Morgan fingerprint density at radius 1 is 1.09 bits per heavy atom. The first kappa shape index (κ1) is 15.2. The van der Waals surface area contributed by atoms with Crippen LogP contribution in [0.15, 0.2) is 54.6 Å². The third kappa shape index (κ3) is 5.03. The van der Waals surface area contributed by atoms with Crippen LogP contribution < -0.4 is 5.32 Å². The first-order valence-corrected chi connectivity index (χ1v) is 6.71. The maximum atomic E-state index is 11.5. The molecule has 0 aromatic heterocycles. The summed E-state index contributed by atoms with van der Waals surface area (Å²) in [6.45, 7) is 0.411. The third-order valence-electron chi connectivity index (χ3n) is 2.76. The Balaban J connectivity index is 1.75. The van der Waals surface area contributed by atoms with E-state index in [-0.39, 0.29) is 13.2 Å². The summed E-state index contributed by atoms with van der Waals surface area (Å²) in [7, 11) is 0. The van der Waals surface area contributed by atoms with Gasteiger partial charge in [0, 0.05) is 5.56 Å². The van der Waals surface area contributed by atoms with Crippen LogP contribution in [0.3, 0.4) is 0 Å². The Morgan fingerprint density at radius 3 is 2.64 bits per heavy atom. The molecule has 22 heavy (non-hydrogen) atoms. The van der Waals surface area contributed by atoms with E-state index >= 15 is 0 Å². The number of carbonyl (C=O) groups is 1. The lowest BCUT2D eigenvalue weighted by atomic mass is 10.1. The largest absolute Gasteiger partial charge is 0.445 e. The molecule has 0 bridgehead atoms. The van der Waals surface area contributed by atoms with Crippen molar-refractivity contribution in [2.24, 2.45) is 0 Å². The lowest BCUT2D eigenvalue weighted by Crippen LogP contribution is -2.24. The molecular formula is C18H14N2O2. The zero-order valence-corrected chi connectivity index (χ0v) is 11.9. The predicted octanol–water partition coefficient (Wildman–Crippen LogP) is 2.84. The minimum atomic E-state index is -0.510. The van der Waals surface area contributed by atoms with Gasteiger partial charge >= 0.3 is 6.09 Å². The third-order valence-corrected chi connectivity index (χ3v) is 2.76. The van der Waals surface area contributed by atoms with Gasteiger partial charge in [0.15, 0.2) is 0 Å². The molecule has 0 heterocycles. The predicted molar refractivity (Wildman–Crippen MR) is 82.7 cm³/mol. The van der Waals surface area contributed by atoms with Crippen molar-refractivity contribution in [3.8, 4) is 17.9 Å². The fraction of sp³-hybridized carbons (Fsp3) is 0.111. The van der Waals surface area contributed by atoms with Crippen LogP contribution in [0.4, 0.5) is 4.79 Å².